The fraction of sp³-hybridized carbons (Fsp3) is 0.211. The van der Waals surface area contributed by atoms with E-state index in [2.05, 4.69) is 14.9 Å². The highest BCUT2D eigenvalue weighted by Crippen LogP contribution is 2.27. The molecule has 29 heavy (non-hydrogen) atoms. The molecule has 0 saturated heterocycles. The van der Waals surface area contributed by atoms with Crippen LogP contribution < -0.4 is 9.46 Å². The van der Waals surface area contributed by atoms with Gasteiger partial charge in [0.2, 0.25) is 15.8 Å². The van der Waals surface area contributed by atoms with E-state index < -0.39 is 16.0 Å². The number of nitrogens with zero attached hydrogens (tertiary/aromatic N) is 2. The molecule has 0 aliphatic rings. The molecule has 0 aliphatic carbocycles. The van der Waals surface area contributed by atoms with Gasteiger partial charge in [-0.1, -0.05) is 29.4 Å². The van der Waals surface area contributed by atoms with E-state index in [0.29, 0.717) is 23.7 Å². The summed E-state index contributed by atoms with van der Waals surface area (Å²) in [4.78, 5) is 16.6. The molecule has 10 heteroatoms. The second-order valence-corrected chi connectivity index (χ2v) is 7.69. The van der Waals surface area contributed by atoms with Crippen LogP contribution in [0.1, 0.15) is 23.2 Å². The first-order valence-electron chi connectivity index (χ1n) is 8.66. The first-order chi connectivity index (χ1) is 13.9. The van der Waals surface area contributed by atoms with Crippen LogP contribution in [-0.4, -0.2) is 37.4 Å². The summed E-state index contributed by atoms with van der Waals surface area (Å²) in [6.07, 6.45) is 0.995. The fourth-order valence-electron chi connectivity index (χ4n) is 2.51. The Morgan fingerprint density at radius 1 is 1.14 bits per heavy atom. The van der Waals surface area contributed by atoms with Gasteiger partial charge in [0.15, 0.2) is 6.61 Å². The Kier molecular flexibility index (Phi) is 6.13. The molecule has 0 amide bonds. The van der Waals surface area contributed by atoms with Gasteiger partial charge in [-0.15, -0.1) is 0 Å². The monoisotopic (exact) mass is 417 g/mol. The number of esters is 1. The maximum absolute atomic E-state index is 12.4. The molecular weight excluding hydrogens is 398 g/mol. The number of rotatable bonds is 8. The molecule has 0 unspecified atom stereocenters. The van der Waals surface area contributed by atoms with Crippen LogP contribution >= 0.6 is 0 Å². The molecule has 2 aromatic carbocycles. The Hall–Kier alpha value is -3.40. The summed E-state index contributed by atoms with van der Waals surface area (Å²) in [5.74, 6) is 0.277. The first-order valence-corrected chi connectivity index (χ1v) is 10.5. The van der Waals surface area contributed by atoms with Gasteiger partial charge in [-0.3, -0.25) is 4.72 Å². The zero-order valence-electron chi connectivity index (χ0n) is 15.8. The van der Waals surface area contributed by atoms with Gasteiger partial charge in [-0.2, -0.15) is 4.98 Å². The van der Waals surface area contributed by atoms with Crippen LogP contribution in [0.5, 0.6) is 5.75 Å². The number of nitrogens with one attached hydrogen (secondary N) is 1. The summed E-state index contributed by atoms with van der Waals surface area (Å²) < 4.78 is 41.1. The third-order valence-corrected chi connectivity index (χ3v) is 4.26. The predicted molar refractivity (Wildman–Crippen MR) is 105 cm³/mol. The zero-order valence-corrected chi connectivity index (χ0v) is 16.6. The Morgan fingerprint density at radius 2 is 1.86 bits per heavy atom. The number of hydrogen-bond acceptors (Lipinski definition) is 8. The molecule has 9 nitrogen and oxygen atoms in total. The van der Waals surface area contributed by atoms with Crippen molar-refractivity contribution in [3.8, 4) is 17.1 Å². The van der Waals surface area contributed by atoms with Crippen molar-refractivity contribution in [1.29, 1.82) is 0 Å². The lowest BCUT2D eigenvalue weighted by atomic mass is 10.2. The van der Waals surface area contributed by atoms with Crippen LogP contribution in [-0.2, 0) is 21.4 Å². The molecule has 3 aromatic rings. The fourth-order valence-corrected chi connectivity index (χ4v) is 3.09. The average molecular weight is 417 g/mol. The molecule has 152 valence electrons. The van der Waals surface area contributed by atoms with Gasteiger partial charge in [0.1, 0.15) is 5.75 Å². The summed E-state index contributed by atoms with van der Waals surface area (Å²) in [6.45, 7) is 2.09. The highest BCUT2D eigenvalue weighted by atomic mass is 32.2. The molecule has 3 rings (SSSR count). The smallest absolute Gasteiger partial charge is 0.340 e. The largest absolute Gasteiger partial charge is 0.493 e. The second-order valence-electron chi connectivity index (χ2n) is 5.94. The maximum atomic E-state index is 12.4. The summed E-state index contributed by atoms with van der Waals surface area (Å²) in [6, 6.07) is 13.3. The Morgan fingerprint density at radius 3 is 2.62 bits per heavy atom. The lowest BCUT2D eigenvalue weighted by Crippen LogP contribution is -2.14. The van der Waals surface area contributed by atoms with Crippen molar-refractivity contribution >= 4 is 21.7 Å². The Labute approximate surface area is 167 Å². The standard InChI is InChI=1S/C19H19N3O6S/c1-3-26-16-11-7-5-9-14(16)18-20-17(28-21-18)12-27-19(23)13-8-4-6-10-15(13)22-29(2,24)25/h4-11,22H,3,12H2,1-2H3. The minimum Gasteiger partial charge on any atom is -0.493 e. The SMILES string of the molecule is CCOc1ccccc1-c1noc(COC(=O)c2ccccc2NS(C)(=O)=O)n1. The van der Waals surface area contributed by atoms with E-state index in [9.17, 15) is 13.2 Å². The number of aromatic nitrogens is 2. The van der Waals surface area contributed by atoms with Gasteiger partial charge < -0.3 is 14.0 Å². The number of sulfonamides is 1. The molecule has 0 radical (unpaired) electrons. The van der Waals surface area contributed by atoms with Crippen molar-refractivity contribution < 1.29 is 27.2 Å². The van der Waals surface area contributed by atoms with E-state index in [4.69, 9.17) is 14.0 Å². The molecule has 0 aliphatic heterocycles. The van der Waals surface area contributed by atoms with Crippen LogP contribution in [0.3, 0.4) is 0 Å². The van der Waals surface area contributed by atoms with E-state index in [0.717, 1.165) is 6.26 Å². The molecular formula is C19H19N3O6S. The minimum atomic E-state index is -3.55. The van der Waals surface area contributed by atoms with Gasteiger partial charge in [0.05, 0.1) is 29.7 Å². The van der Waals surface area contributed by atoms with Gasteiger partial charge in [-0.05, 0) is 31.2 Å². The lowest BCUT2D eigenvalue weighted by Gasteiger charge is -2.09. The number of ether oxygens (including phenoxy) is 2. The van der Waals surface area contributed by atoms with Gasteiger partial charge in [0.25, 0.3) is 5.89 Å². The number of anilines is 1. The Bertz CT molecular complexity index is 1110. The van der Waals surface area contributed by atoms with Gasteiger partial charge >= 0.3 is 5.97 Å². The molecule has 0 atom stereocenters. The van der Waals surface area contributed by atoms with Crippen LogP contribution in [0.15, 0.2) is 53.1 Å². The zero-order chi connectivity index (χ0) is 20.9. The summed E-state index contributed by atoms with van der Waals surface area (Å²) >= 11 is 0. The quantitative estimate of drug-likeness (QED) is 0.556. The van der Waals surface area contributed by atoms with E-state index in [1.807, 2.05) is 19.1 Å². The number of hydrogen-bond donors (Lipinski definition) is 1. The van der Waals surface area contributed by atoms with Crippen LogP contribution in [0, 0.1) is 0 Å². The van der Waals surface area contributed by atoms with Crippen molar-refractivity contribution in [3.05, 3.63) is 60.0 Å². The number of carbonyl (C=O) groups excluding carboxylic acids is 1. The average Bonchev–Trinajstić information content (AvgIpc) is 3.15. The maximum Gasteiger partial charge on any atom is 0.340 e. The van der Waals surface area contributed by atoms with E-state index >= 15 is 0 Å². The molecule has 1 heterocycles. The summed E-state index contributed by atoms with van der Waals surface area (Å²) in [7, 11) is -3.55. The predicted octanol–water partition coefficient (Wildman–Crippen LogP) is 2.86. The summed E-state index contributed by atoms with van der Waals surface area (Å²) in [5, 5.41) is 3.90. The van der Waals surface area contributed by atoms with Crippen molar-refractivity contribution in [1.82, 2.24) is 10.1 Å². The van der Waals surface area contributed by atoms with E-state index in [1.165, 1.54) is 12.1 Å². The topological polar surface area (TPSA) is 121 Å². The third kappa shape index (κ3) is 5.32. The van der Waals surface area contributed by atoms with Crippen molar-refractivity contribution in [3.63, 3.8) is 0 Å². The highest BCUT2D eigenvalue weighted by molar-refractivity contribution is 7.92. The van der Waals surface area contributed by atoms with E-state index in [-0.39, 0.29) is 23.7 Å². The van der Waals surface area contributed by atoms with E-state index in [1.54, 1.807) is 24.3 Å². The number of benzene rings is 2. The van der Waals surface area contributed by atoms with Crippen LogP contribution in [0.4, 0.5) is 5.69 Å². The van der Waals surface area contributed by atoms with Crippen molar-refractivity contribution in [2.45, 2.75) is 13.5 Å². The normalized spacial score (nSPS) is 11.1. The molecule has 1 N–H and O–H groups in total. The number of para-hydroxylation sites is 2. The molecule has 0 saturated carbocycles. The third-order valence-electron chi connectivity index (χ3n) is 3.66. The summed E-state index contributed by atoms with van der Waals surface area (Å²) in [5.41, 5.74) is 0.842. The van der Waals surface area contributed by atoms with Crippen LogP contribution in [0.25, 0.3) is 11.4 Å². The molecule has 0 spiro atoms. The van der Waals surface area contributed by atoms with Gasteiger partial charge in [-0.25, -0.2) is 13.2 Å². The first kappa shape index (κ1) is 20.3. The highest BCUT2D eigenvalue weighted by Gasteiger charge is 2.18. The molecule has 0 bridgehead atoms. The molecule has 1 aromatic heterocycles. The Balaban J connectivity index is 1.72. The minimum absolute atomic E-state index is 0.0688. The molecule has 0 fully saturated rings. The van der Waals surface area contributed by atoms with Gasteiger partial charge in [0, 0.05) is 0 Å². The second kappa shape index (κ2) is 8.74. The lowest BCUT2D eigenvalue weighted by molar-refractivity contribution is 0.0431. The van der Waals surface area contributed by atoms with Crippen molar-refractivity contribution in [2.75, 3.05) is 17.6 Å². The number of carbonyl (C=O) groups is 1. The van der Waals surface area contributed by atoms with Crippen molar-refractivity contribution in [2.24, 2.45) is 0 Å². The van der Waals surface area contributed by atoms with Crippen LogP contribution in [0.2, 0.25) is 0 Å².